The van der Waals surface area contributed by atoms with Gasteiger partial charge in [0, 0.05) is 13.2 Å². The molecule has 0 saturated carbocycles. The van der Waals surface area contributed by atoms with Crippen LogP contribution in [0.5, 0.6) is 0 Å². The van der Waals surface area contributed by atoms with Crippen LogP contribution in [0.1, 0.15) is 85.5 Å². The van der Waals surface area contributed by atoms with Crippen molar-refractivity contribution in [2.75, 3.05) is 20.0 Å². The Kier molecular flexibility index (Phi) is 29.2. The topological polar surface area (TPSA) is 18.5 Å². The van der Waals surface area contributed by atoms with Crippen LogP contribution in [0, 0.1) is 18.3 Å². The van der Waals surface area contributed by atoms with Crippen LogP contribution in [0.25, 0.3) is 0 Å². The Bertz CT molecular complexity index is 206. The molecule has 0 aliphatic carbocycles. The summed E-state index contributed by atoms with van der Waals surface area (Å²) in [5.41, 5.74) is 0. The molecule has 0 rings (SSSR count). The molecule has 0 aromatic rings. The molecule has 0 radical (unpaired) electrons. The minimum Gasteiger partial charge on any atom is -1.00 e. The maximum atomic E-state index is 5.54. The van der Waals surface area contributed by atoms with Crippen molar-refractivity contribution < 1.29 is 26.5 Å². The minimum atomic E-state index is 0. The van der Waals surface area contributed by atoms with Crippen LogP contribution in [0.4, 0.5) is 0 Å². The molecule has 23 heavy (non-hydrogen) atoms. The number of hydrogen-bond donors (Lipinski definition) is 0. The van der Waals surface area contributed by atoms with Crippen LogP contribution in [0.15, 0.2) is 0 Å². The van der Waals surface area contributed by atoms with Crippen molar-refractivity contribution in [2.24, 2.45) is 11.8 Å². The van der Waals surface area contributed by atoms with Gasteiger partial charge < -0.3 is 32.9 Å². The van der Waals surface area contributed by atoms with E-state index in [1.165, 1.54) is 51.4 Å². The summed E-state index contributed by atoms with van der Waals surface area (Å²) in [6.45, 7) is 11.3. The largest absolute Gasteiger partial charge is 2.00 e. The van der Waals surface area contributed by atoms with E-state index < -0.39 is 0 Å². The van der Waals surface area contributed by atoms with E-state index in [1.807, 2.05) is 0 Å². The first-order valence-corrected chi connectivity index (χ1v) is 9.14. The summed E-state index contributed by atoms with van der Waals surface area (Å²) in [6.07, 6.45) is 13.7. The van der Waals surface area contributed by atoms with E-state index in [4.69, 9.17) is 9.47 Å². The van der Waals surface area contributed by atoms with Gasteiger partial charge in [-0.1, -0.05) is 58.8 Å². The fraction of sp³-hybridized carbons (Fsp3) is 0.947. The van der Waals surface area contributed by atoms with Gasteiger partial charge >= 0.3 is 23.1 Å². The molecule has 0 amide bonds. The zero-order valence-corrected chi connectivity index (χ0v) is 19.1. The normalized spacial score (nSPS) is 13.0. The van der Waals surface area contributed by atoms with Gasteiger partial charge in [0.15, 0.2) is 0 Å². The van der Waals surface area contributed by atoms with Crippen molar-refractivity contribution >= 4 is 23.1 Å². The number of hydrogen-bond acceptors (Lipinski definition) is 2. The molecular weight excluding hydrogens is 364 g/mol. The molecule has 0 aromatic heterocycles. The summed E-state index contributed by atoms with van der Waals surface area (Å²) >= 11 is 0. The molecule has 0 spiro atoms. The molecule has 0 aromatic carbocycles. The molecule has 0 bridgehead atoms. The second-order valence-electron chi connectivity index (χ2n) is 6.58. The first-order valence-electron chi connectivity index (χ1n) is 9.14. The number of halogens is 1. The molecule has 0 aliphatic heterocycles. The average molecular weight is 404 g/mol. The summed E-state index contributed by atoms with van der Waals surface area (Å²) in [7, 11) is 0. The molecule has 2 atom stereocenters. The smallest absolute Gasteiger partial charge is 1.00 e. The Balaban J connectivity index is -0.00000200. The van der Waals surface area contributed by atoms with E-state index in [9.17, 15) is 0 Å². The van der Waals surface area contributed by atoms with Crippen LogP contribution in [-0.4, -0.2) is 43.1 Å². The van der Waals surface area contributed by atoms with Gasteiger partial charge in [-0.3, -0.25) is 0 Å². The predicted molar refractivity (Wildman–Crippen MR) is 98.1 cm³/mol. The molecule has 0 aliphatic rings. The second kappa shape index (κ2) is 23.2. The van der Waals surface area contributed by atoms with Crippen molar-refractivity contribution in [3.05, 3.63) is 6.42 Å². The van der Waals surface area contributed by atoms with E-state index in [0.717, 1.165) is 31.5 Å². The number of unbranched alkanes of at least 4 members (excludes halogenated alkanes) is 4. The van der Waals surface area contributed by atoms with Gasteiger partial charge in [0.2, 0.25) is 0 Å². The fourth-order valence-electron chi connectivity index (χ4n) is 2.82. The van der Waals surface area contributed by atoms with Gasteiger partial charge in [0.25, 0.3) is 0 Å². The van der Waals surface area contributed by atoms with E-state index in [-0.39, 0.29) is 40.0 Å². The molecule has 2 nitrogen and oxygen atoms in total. The van der Waals surface area contributed by atoms with Gasteiger partial charge in [0.05, 0.1) is 0 Å². The Hall–Kier alpha value is 1.17. The molecule has 4 heteroatoms. The van der Waals surface area contributed by atoms with Gasteiger partial charge in [-0.2, -0.15) is 13.3 Å². The molecule has 0 N–H and O–H groups in total. The monoisotopic (exact) mass is 402 g/mol. The summed E-state index contributed by atoms with van der Waals surface area (Å²) in [5, 5.41) is 0. The van der Waals surface area contributed by atoms with Gasteiger partial charge in [-0.25, -0.2) is 0 Å². The summed E-state index contributed by atoms with van der Waals surface area (Å²) in [5.74, 6) is 1.63. The third-order valence-corrected chi connectivity index (χ3v) is 3.99. The zero-order valence-electron chi connectivity index (χ0n) is 16.1. The quantitative estimate of drug-likeness (QED) is 0.171. The maximum Gasteiger partial charge on any atom is 2.00 e. The van der Waals surface area contributed by atoms with Gasteiger partial charge in [0.1, 0.15) is 6.79 Å². The number of rotatable bonds is 16. The molecule has 0 fully saturated rings. The first kappa shape index (κ1) is 28.9. The van der Waals surface area contributed by atoms with Crippen LogP contribution < -0.4 is 17.0 Å². The van der Waals surface area contributed by atoms with Crippen molar-refractivity contribution in [1.29, 1.82) is 0 Å². The van der Waals surface area contributed by atoms with Crippen molar-refractivity contribution in [3.63, 3.8) is 0 Å². The molecule has 0 saturated heterocycles. The molecular formula is C19H39BrMgO2. The van der Waals surface area contributed by atoms with Crippen molar-refractivity contribution in [3.8, 4) is 0 Å². The van der Waals surface area contributed by atoms with Crippen LogP contribution in [-0.2, 0) is 9.47 Å². The molecule has 136 valence electrons. The van der Waals surface area contributed by atoms with Crippen LogP contribution in [0.2, 0.25) is 0 Å². The van der Waals surface area contributed by atoms with E-state index in [1.54, 1.807) is 0 Å². The second-order valence-corrected chi connectivity index (χ2v) is 6.58. The minimum absolute atomic E-state index is 0. The Morgan fingerprint density at radius 2 is 1.48 bits per heavy atom. The maximum absolute atomic E-state index is 5.54. The van der Waals surface area contributed by atoms with E-state index >= 15 is 0 Å². The predicted octanol–water partition coefficient (Wildman–Crippen LogP) is 2.63. The third-order valence-electron chi connectivity index (χ3n) is 3.99. The Morgan fingerprint density at radius 1 is 0.870 bits per heavy atom. The van der Waals surface area contributed by atoms with Crippen molar-refractivity contribution in [2.45, 2.75) is 85.5 Å². The van der Waals surface area contributed by atoms with Gasteiger partial charge in [-0.05, 0) is 25.2 Å². The Morgan fingerprint density at radius 3 is 2.09 bits per heavy atom. The molecule has 0 heterocycles. The average Bonchev–Trinajstić information content (AvgIpc) is 2.45. The van der Waals surface area contributed by atoms with Crippen LogP contribution in [0.3, 0.4) is 0 Å². The van der Waals surface area contributed by atoms with E-state index in [2.05, 4.69) is 34.1 Å². The third kappa shape index (κ3) is 23.2. The number of ether oxygens (including phenoxy) is 2. The summed E-state index contributed by atoms with van der Waals surface area (Å²) in [6, 6.07) is 0. The SMILES string of the molecule is C[CH-]CC(C)CC(C)CCCOCOCCCCCCC.[Br-].[Mg+2]. The summed E-state index contributed by atoms with van der Waals surface area (Å²) < 4.78 is 11.0. The standard InChI is InChI=1S/C19H39O2.BrH.Mg/c1-5-7-8-9-10-14-20-17-21-15-11-13-19(4)16-18(3)12-6-2;;/h6,18-19H,5,7-17H2,1-4H3;1H;/q-1;;+2/p-1. The zero-order chi connectivity index (χ0) is 15.8. The molecule has 2 unspecified atom stereocenters. The fourth-order valence-corrected chi connectivity index (χ4v) is 2.82. The first-order chi connectivity index (χ1) is 10.2. The van der Waals surface area contributed by atoms with Crippen LogP contribution >= 0.6 is 0 Å². The van der Waals surface area contributed by atoms with E-state index in [0.29, 0.717) is 6.79 Å². The Labute approximate surface area is 172 Å². The van der Waals surface area contributed by atoms with Crippen molar-refractivity contribution in [1.82, 2.24) is 0 Å². The van der Waals surface area contributed by atoms with Gasteiger partial charge in [-0.15, -0.1) is 0 Å². The summed E-state index contributed by atoms with van der Waals surface area (Å²) in [4.78, 5) is 0.